The molecule has 0 amide bonds. The van der Waals surface area contributed by atoms with E-state index >= 15 is 0 Å². The van der Waals surface area contributed by atoms with Gasteiger partial charge in [-0.15, -0.1) is 0 Å². The first-order valence-corrected chi connectivity index (χ1v) is 3.41. The molecule has 4 heteroatoms. The van der Waals surface area contributed by atoms with Gasteiger partial charge < -0.3 is 4.74 Å². The summed E-state index contributed by atoms with van der Waals surface area (Å²) in [6.07, 6.45) is 3.27. The Kier molecular flexibility index (Phi) is 1.51. The van der Waals surface area contributed by atoms with Crippen molar-refractivity contribution in [1.29, 1.82) is 0 Å². The highest BCUT2D eigenvalue weighted by molar-refractivity contribution is 5.94. The smallest absolute Gasteiger partial charge is 0.217 e. The number of ether oxygens (including phenoxy) is 1. The van der Waals surface area contributed by atoms with Crippen molar-refractivity contribution in [3.63, 3.8) is 0 Å². The molecule has 0 aliphatic carbocycles. The van der Waals surface area contributed by atoms with E-state index in [1.807, 2.05) is 6.07 Å². The van der Waals surface area contributed by atoms with Gasteiger partial charge in [-0.25, -0.2) is 4.99 Å². The number of aromatic nitrogens is 2. The predicted molar refractivity (Wildman–Crippen MR) is 39.4 cm³/mol. The lowest BCUT2D eigenvalue weighted by Gasteiger charge is -1.97. The van der Waals surface area contributed by atoms with Crippen LogP contribution in [0.25, 0.3) is 0 Å². The van der Waals surface area contributed by atoms with Gasteiger partial charge in [0.15, 0.2) is 0 Å². The molecular weight excluding hydrogens is 142 g/mol. The molecule has 0 saturated carbocycles. The van der Waals surface area contributed by atoms with Gasteiger partial charge in [0.05, 0.1) is 24.5 Å². The third-order valence-electron chi connectivity index (χ3n) is 1.42. The number of nitrogens with zero attached hydrogens (tertiary/aromatic N) is 3. The van der Waals surface area contributed by atoms with Crippen LogP contribution in [0.3, 0.4) is 0 Å². The van der Waals surface area contributed by atoms with Gasteiger partial charge in [-0.1, -0.05) is 0 Å². The van der Waals surface area contributed by atoms with Crippen LogP contribution in [0.5, 0.6) is 0 Å². The minimum absolute atomic E-state index is 0.678. The monoisotopic (exact) mass is 149 g/mol. The highest BCUT2D eigenvalue weighted by Crippen LogP contribution is 2.03. The van der Waals surface area contributed by atoms with Crippen LogP contribution in [0, 0.1) is 0 Å². The Morgan fingerprint density at radius 3 is 3.00 bits per heavy atom. The Morgan fingerprint density at radius 2 is 2.36 bits per heavy atom. The van der Waals surface area contributed by atoms with Gasteiger partial charge in [-0.3, -0.25) is 0 Å². The summed E-state index contributed by atoms with van der Waals surface area (Å²) in [6, 6.07) is 1.83. The SMILES string of the molecule is c1cc(C2=NCCO2)cnn1. The molecule has 2 heterocycles. The fourth-order valence-electron chi connectivity index (χ4n) is 0.927. The molecule has 1 aromatic heterocycles. The zero-order chi connectivity index (χ0) is 7.52. The van der Waals surface area contributed by atoms with Crippen molar-refractivity contribution in [3.05, 3.63) is 24.0 Å². The fraction of sp³-hybridized carbons (Fsp3) is 0.286. The molecule has 1 aliphatic heterocycles. The highest BCUT2D eigenvalue weighted by Gasteiger charge is 2.08. The van der Waals surface area contributed by atoms with Crippen molar-refractivity contribution in [3.8, 4) is 0 Å². The lowest BCUT2D eigenvalue weighted by Crippen LogP contribution is -2.01. The van der Waals surface area contributed by atoms with Gasteiger partial charge in [0.1, 0.15) is 6.61 Å². The maximum Gasteiger partial charge on any atom is 0.217 e. The lowest BCUT2D eigenvalue weighted by molar-refractivity contribution is 0.348. The number of hydrogen-bond acceptors (Lipinski definition) is 4. The zero-order valence-corrected chi connectivity index (χ0v) is 5.90. The van der Waals surface area contributed by atoms with Crippen LogP contribution < -0.4 is 0 Å². The van der Waals surface area contributed by atoms with Gasteiger partial charge in [0.25, 0.3) is 0 Å². The van der Waals surface area contributed by atoms with Crippen LogP contribution in [0.4, 0.5) is 0 Å². The molecule has 11 heavy (non-hydrogen) atoms. The molecule has 0 N–H and O–H groups in total. The van der Waals surface area contributed by atoms with E-state index in [1.54, 1.807) is 12.4 Å². The average Bonchev–Trinajstić information content (AvgIpc) is 2.58. The average molecular weight is 149 g/mol. The zero-order valence-electron chi connectivity index (χ0n) is 5.90. The van der Waals surface area contributed by atoms with Gasteiger partial charge in [-0.2, -0.15) is 10.2 Å². The summed E-state index contributed by atoms with van der Waals surface area (Å²) in [5.41, 5.74) is 0.900. The highest BCUT2D eigenvalue weighted by atomic mass is 16.5. The fourth-order valence-corrected chi connectivity index (χ4v) is 0.927. The summed E-state index contributed by atoms with van der Waals surface area (Å²) in [6.45, 7) is 1.43. The first kappa shape index (κ1) is 6.27. The van der Waals surface area contributed by atoms with E-state index in [0.29, 0.717) is 12.5 Å². The van der Waals surface area contributed by atoms with Crippen molar-refractivity contribution < 1.29 is 4.74 Å². The van der Waals surface area contributed by atoms with Crippen molar-refractivity contribution in [1.82, 2.24) is 10.2 Å². The van der Waals surface area contributed by atoms with Gasteiger partial charge in [0.2, 0.25) is 5.90 Å². The molecule has 0 radical (unpaired) electrons. The largest absolute Gasteiger partial charge is 0.475 e. The quantitative estimate of drug-likeness (QED) is 0.575. The molecule has 0 bridgehead atoms. The van der Waals surface area contributed by atoms with E-state index in [9.17, 15) is 0 Å². The topological polar surface area (TPSA) is 47.4 Å². The Bertz CT molecular complexity index is 270. The minimum atomic E-state index is 0.678. The first-order chi connectivity index (χ1) is 5.47. The van der Waals surface area contributed by atoms with Crippen LogP contribution in [0.2, 0.25) is 0 Å². The van der Waals surface area contributed by atoms with E-state index in [2.05, 4.69) is 15.2 Å². The van der Waals surface area contributed by atoms with E-state index in [0.717, 1.165) is 12.1 Å². The molecule has 0 fully saturated rings. The molecule has 56 valence electrons. The molecule has 1 aliphatic rings. The van der Waals surface area contributed by atoms with Crippen molar-refractivity contribution in [2.45, 2.75) is 0 Å². The third-order valence-corrected chi connectivity index (χ3v) is 1.42. The lowest BCUT2D eigenvalue weighted by atomic mass is 10.3. The van der Waals surface area contributed by atoms with Gasteiger partial charge in [-0.05, 0) is 6.07 Å². The summed E-state index contributed by atoms with van der Waals surface area (Å²) >= 11 is 0. The maximum absolute atomic E-state index is 5.22. The summed E-state index contributed by atoms with van der Waals surface area (Å²) < 4.78 is 5.22. The molecule has 0 aromatic carbocycles. The van der Waals surface area contributed by atoms with E-state index < -0.39 is 0 Å². The van der Waals surface area contributed by atoms with Gasteiger partial charge >= 0.3 is 0 Å². The van der Waals surface area contributed by atoms with E-state index in [-0.39, 0.29) is 0 Å². The maximum atomic E-state index is 5.22. The molecule has 2 rings (SSSR count). The second kappa shape index (κ2) is 2.65. The van der Waals surface area contributed by atoms with Gasteiger partial charge in [0, 0.05) is 0 Å². The number of aliphatic imine (C=N–C) groups is 1. The minimum Gasteiger partial charge on any atom is -0.475 e. The first-order valence-electron chi connectivity index (χ1n) is 3.41. The summed E-state index contributed by atoms with van der Waals surface area (Å²) in [5, 5.41) is 7.37. The molecule has 0 atom stereocenters. The summed E-state index contributed by atoms with van der Waals surface area (Å²) in [4.78, 5) is 4.13. The molecule has 0 saturated heterocycles. The van der Waals surface area contributed by atoms with Crippen molar-refractivity contribution >= 4 is 5.90 Å². The summed E-state index contributed by atoms with van der Waals surface area (Å²) in [5.74, 6) is 0.680. The molecule has 4 nitrogen and oxygen atoms in total. The van der Waals surface area contributed by atoms with Crippen LogP contribution in [0.1, 0.15) is 5.56 Å². The second-order valence-electron chi connectivity index (χ2n) is 2.17. The third kappa shape index (κ3) is 1.19. The second-order valence-corrected chi connectivity index (χ2v) is 2.17. The Labute approximate surface area is 63.9 Å². The van der Waals surface area contributed by atoms with Crippen LogP contribution in [0.15, 0.2) is 23.5 Å². The summed E-state index contributed by atoms with van der Waals surface area (Å²) in [7, 11) is 0. The van der Waals surface area contributed by atoms with Crippen LogP contribution in [-0.4, -0.2) is 29.2 Å². The molecule has 0 spiro atoms. The van der Waals surface area contributed by atoms with Crippen LogP contribution in [-0.2, 0) is 4.74 Å². The Hall–Kier alpha value is -1.45. The standard InChI is InChI=1S/C7H7N3O/c1-2-9-10-5-6(1)7-8-3-4-11-7/h1-2,5H,3-4H2. The van der Waals surface area contributed by atoms with Crippen molar-refractivity contribution in [2.24, 2.45) is 4.99 Å². The van der Waals surface area contributed by atoms with E-state index in [1.165, 1.54) is 0 Å². The normalized spacial score (nSPS) is 15.8. The van der Waals surface area contributed by atoms with Crippen LogP contribution >= 0.6 is 0 Å². The number of rotatable bonds is 1. The Morgan fingerprint density at radius 1 is 1.36 bits per heavy atom. The molecule has 1 aromatic rings. The predicted octanol–water partition coefficient (Wildman–Crippen LogP) is 0.253. The number of hydrogen-bond donors (Lipinski definition) is 0. The Balaban J connectivity index is 2.29. The molecular formula is C7H7N3O. The van der Waals surface area contributed by atoms with E-state index in [4.69, 9.17) is 4.74 Å². The molecule has 0 unspecified atom stereocenters. The van der Waals surface area contributed by atoms with Crippen molar-refractivity contribution in [2.75, 3.05) is 13.2 Å².